The molecule has 3 aromatic rings. The van der Waals surface area contributed by atoms with E-state index < -0.39 is 23.5 Å². The molecule has 0 radical (unpaired) electrons. The number of hydrogen-bond acceptors (Lipinski definition) is 5. The fraction of sp³-hybridized carbons (Fsp3) is 0.235. The minimum atomic E-state index is -3.68. The Morgan fingerprint density at radius 2 is 2.00 bits per heavy atom. The summed E-state index contributed by atoms with van der Waals surface area (Å²) in [4.78, 5) is 13.3. The first-order valence-corrected chi connectivity index (χ1v) is 7.62. The van der Waals surface area contributed by atoms with Crippen molar-refractivity contribution in [1.29, 1.82) is 0 Å². The zero-order valence-electron chi connectivity index (χ0n) is 13.1. The fourth-order valence-electron chi connectivity index (χ4n) is 3.12. The molecule has 128 valence electrons. The smallest absolute Gasteiger partial charge is 0.352 e. The summed E-state index contributed by atoms with van der Waals surface area (Å²) >= 11 is 0. The Balaban J connectivity index is 1.79. The summed E-state index contributed by atoms with van der Waals surface area (Å²) in [5.41, 5.74) is 1.36. The van der Waals surface area contributed by atoms with Crippen molar-refractivity contribution in [1.82, 2.24) is 10.3 Å². The Morgan fingerprint density at radius 3 is 2.76 bits per heavy atom. The summed E-state index contributed by atoms with van der Waals surface area (Å²) in [6, 6.07) is 9.36. The summed E-state index contributed by atoms with van der Waals surface area (Å²) in [6.07, 6.45) is -1.11. The van der Waals surface area contributed by atoms with Gasteiger partial charge in [0.1, 0.15) is 11.0 Å². The van der Waals surface area contributed by atoms with Gasteiger partial charge in [-0.05, 0) is 46.6 Å². The first kappa shape index (κ1) is 15.6. The van der Waals surface area contributed by atoms with Crippen molar-refractivity contribution < 1.29 is 23.3 Å². The lowest BCUT2D eigenvalue weighted by atomic mass is 9.98. The van der Waals surface area contributed by atoms with Gasteiger partial charge in [0.2, 0.25) is 0 Å². The fourth-order valence-corrected chi connectivity index (χ4v) is 3.12. The minimum Gasteiger partial charge on any atom is -0.389 e. The number of nitrogens with zero attached hydrogens (tertiary/aromatic N) is 3. The van der Waals surface area contributed by atoms with E-state index in [-0.39, 0.29) is 17.8 Å². The number of halogens is 2. The molecule has 2 aromatic carbocycles. The molecule has 0 saturated carbocycles. The van der Waals surface area contributed by atoms with Crippen LogP contribution in [-0.4, -0.2) is 21.3 Å². The molecular weight excluding hydrogens is 332 g/mol. The molecule has 1 amide bonds. The van der Waals surface area contributed by atoms with Crippen LogP contribution in [0.25, 0.3) is 11.0 Å². The summed E-state index contributed by atoms with van der Waals surface area (Å²) < 4.78 is 33.8. The number of anilines is 1. The van der Waals surface area contributed by atoms with Gasteiger partial charge in [-0.3, -0.25) is 4.79 Å². The molecule has 0 bridgehead atoms. The average Bonchev–Trinajstić information content (AvgIpc) is 3.12. The van der Waals surface area contributed by atoms with E-state index in [4.69, 9.17) is 0 Å². The maximum absolute atomic E-state index is 14.6. The predicted octanol–water partition coefficient (Wildman–Crippen LogP) is 2.91. The molecule has 0 spiro atoms. The van der Waals surface area contributed by atoms with Crippen LogP contribution in [0.1, 0.15) is 29.7 Å². The van der Waals surface area contributed by atoms with E-state index in [1.54, 1.807) is 24.3 Å². The zero-order valence-corrected chi connectivity index (χ0v) is 13.1. The first-order valence-electron chi connectivity index (χ1n) is 7.62. The predicted molar refractivity (Wildman–Crippen MR) is 84.0 cm³/mol. The van der Waals surface area contributed by atoms with Gasteiger partial charge in [-0.15, -0.1) is 0 Å². The van der Waals surface area contributed by atoms with Crippen LogP contribution in [0.15, 0.2) is 41.0 Å². The molecule has 0 aliphatic carbocycles. The van der Waals surface area contributed by atoms with Gasteiger partial charge in [0, 0.05) is 0 Å². The van der Waals surface area contributed by atoms with Gasteiger partial charge >= 0.3 is 11.8 Å². The second kappa shape index (κ2) is 5.32. The second-order valence-electron chi connectivity index (χ2n) is 5.97. The third-order valence-corrected chi connectivity index (χ3v) is 4.30. The first-order chi connectivity index (χ1) is 11.9. The van der Waals surface area contributed by atoms with Crippen molar-refractivity contribution in [2.75, 3.05) is 4.90 Å². The van der Waals surface area contributed by atoms with Crippen molar-refractivity contribution in [2.45, 2.75) is 25.5 Å². The number of carbonyl (C=O) groups excluding carboxylic acids is 1. The normalized spacial score (nSPS) is 17.1. The topological polar surface area (TPSA) is 79.5 Å². The maximum Gasteiger partial charge on any atom is 0.352 e. The molecule has 0 saturated heterocycles. The van der Waals surface area contributed by atoms with Crippen LogP contribution >= 0.6 is 0 Å². The molecule has 1 atom stereocenters. The van der Waals surface area contributed by atoms with Crippen LogP contribution in [0.3, 0.4) is 0 Å². The number of hydrogen-bond donors (Lipinski definition) is 1. The minimum absolute atomic E-state index is 0.0481. The van der Waals surface area contributed by atoms with Crippen molar-refractivity contribution >= 4 is 22.6 Å². The Labute approximate surface area is 140 Å². The molecule has 0 unspecified atom stereocenters. The van der Waals surface area contributed by atoms with E-state index in [1.165, 1.54) is 19.1 Å². The molecule has 4 rings (SSSR count). The quantitative estimate of drug-likeness (QED) is 0.789. The number of alkyl halides is 2. The van der Waals surface area contributed by atoms with Gasteiger partial charge in [0.15, 0.2) is 0 Å². The SMILES string of the molecule is C[C@H](O)c1cccc2c1C(F)(F)C(=O)N2Cc1ccc2nonc2c1. The molecule has 2 heterocycles. The van der Waals surface area contributed by atoms with E-state index >= 15 is 0 Å². The Bertz CT molecular complexity index is 984. The lowest BCUT2D eigenvalue weighted by Gasteiger charge is -2.17. The van der Waals surface area contributed by atoms with Crippen molar-refractivity contribution in [3.05, 3.63) is 53.1 Å². The lowest BCUT2D eigenvalue weighted by molar-refractivity contribution is -0.141. The van der Waals surface area contributed by atoms with Crippen LogP contribution in [-0.2, 0) is 17.3 Å². The van der Waals surface area contributed by atoms with Gasteiger partial charge in [0.25, 0.3) is 0 Å². The van der Waals surface area contributed by atoms with Crippen LogP contribution in [0.4, 0.5) is 14.5 Å². The summed E-state index contributed by atoms with van der Waals surface area (Å²) in [5.74, 6) is -4.99. The molecule has 6 nitrogen and oxygen atoms in total. The van der Waals surface area contributed by atoms with Crippen molar-refractivity contribution in [3.63, 3.8) is 0 Å². The molecule has 1 aromatic heterocycles. The van der Waals surface area contributed by atoms with Gasteiger partial charge < -0.3 is 10.0 Å². The van der Waals surface area contributed by atoms with E-state index in [0.29, 0.717) is 16.6 Å². The number of rotatable bonds is 3. The molecular formula is C17H13F2N3O3. The molecule has 0 fully saturated rings. The van der Waals surface area contributed by atoms with Gasteiger partial charge in [-0.25, -0.2) is 4.63 Å². The molecule has 1 aliphatic rings. The summed E-state index contributed by atoms with van der Waals surface area (Å²) in [5, 5.41) is 17.2. The van der Waals surface area contributed by atoms with Gasteiger partial charge in [-0.2, -0.15) is 8.78 Å². The number of carbonyl (C=O) groups is 1. The highest BCUT2D eigenvalue weighted by molar-refractivity contribution is 6.06. The maximum atomic E-state index is 14.6. The number of aliphatic hydroxyl groups is 1. The largest absolute Gasteiger partial charge is 0.389 e. The van der Waals surface area contributed by atoms with Gasteiger partial charge in [0.05, 0.1) is 23.9 Å². The van der Waals surface area contributed by atoms with Crippen LogP contribution in [0.2, 0.25) is 0 Å². The van der Waals surface area contributed by atoms with Crippen molar-refractivity contribution in [3.8, 4) is 0 Å². The second-order valence-corrected chi connectivity index (χ2v) is 5.97. The van der Waals surface area contributed by atoms with E-state index in [1.807, 2.05) is 0 Å². The van der Waals surface area contributed by atoms with Crippen molar-refractivity contribution in [2.24, 2.45) is 0 Å². The van der Waals surface area contributed by atoms with Crippen LogP contribution < -0.4 is 4.90 Å². The molecule has 1 aliphatic heterocycles. The van der Waals surface area contributed by atoms with E-state index in [0.717, 1.165) is 4.90 Å². The number of aromatic nitrogens is 2. The summed E-state index contributed by atoms with van der Waals surface area (Å²) in [7, 11) is 0. The van der Waals surface area contributed by atoms with E-state index in [9.17, 15) is 18.7 Å². The number of benzene rings is 2. The highest BCUT2D eigenvalue weighted by Crippen LogP contribution is 2.47. The Kier molecular flexibility index (Phi) is 3.33. The number of amides is 1. The van der Waals surface area contributed by atoms with Crippen LogP contribution in [0, 0.1) is 0 Å². The van der Waals surface area contributed by atoms with E-state index in [2.05, 4.69) is 14.9 Å². The number of aliphatic hydroxyl groups excluding tert-OH is 1. The monoisotopic (exact) mass is 345 g/mol. The van der Waals surface area contributed by atoms with Crippen LogP contribution in [0.5, 0.6) is 0 Å². The third-order valence-electron chi connectivity index (χ3n) is 4.30. The highest BCUT2D eigenvalue weighted by atomic mass is 19.3. The Morgan fingerprint density at radius 1 is 1.24 bits per heavy atom. The van der Waals surface area contributed by atoms with Gasteiger partial charge in [-0.1, -0.05) is 18.2 Å². The molecule has 8 heteroatoms. The zero-order chi connectivity index (χ0) is 17.8. The lowest BCUT2D eigenvalue weighted by Crippen LogP contribution is -2.34. The average molecular weight is 345 g/mol. The molecule has 25 heavy (non-hydrogen) atoms. The summed E-state index contributed by atoms with van der Waals surface area (Å²) in [6.45, 7) is 1.35. The number of fused-ring (bicyclic) bond motifs is 2. The standard InChI is InChI=1S/C17H13F2N3O3/c1-9(23)11-3-2-4-14-15(11)17(18,19)16(24)22(14)8-10-5-6-12-13(7-10)21-25-20-12/h2-7,9,23H,8H2,1H3/t9-/m0/s1. The molecule has 1 N–H and O–H groups in total. The highest BCUT2D eigenvalue weighted by Gasteiger charge is 2.54. The Hall–Kier alpha value is -2.87. The third kappa shape index (κ3) is 2.29.